The van der Waals surface area contributed by atoms with Gasteiger partial charge in [0.1, 0.15) is 0 Å². The quantitative estimate of drug-likeness (QED) is 0.804. The molecule has 0 amide bonds. The van der Waals surface area contributed by atoms with Gasteiger partial charge in [0.15, 0.2) is 5.78 Å². The Hall–Kier alpha value is -1.39. The van der Waals surface area contributed by atoms with Crippen molar-refractivity contribution in [1.29, 1.82) is 0 Å². The van der Waals surface area contributed by atoms with Crippen LogP contribution >= 0.6 is 0 Å². The van der Waals surface area contributed by atoms with Gasteiger partial charge < -0.3 is 8.99 Å². The Morgan fingerprint density at radius 2 is 2.21 bits per heavy atom. The second kappa shape index (κ2) is 4.94. The van der Waals surface area contributed by atoms with E-state index in [1.807, 2.05) is 19.1 Å². The number of hydrogen-bond donors (Lipinski definition) is 0. The number of hydrogen-bond acceptors (Lipinski definition) is 2. The number of ketones is 1. The third kappa shape index (κ3) is 1.95. The summed E-state index contributed by atoms with van der Waals surface area (Å²) >= 11 is 0. The minimum absolute atomic E-state index is 0.0539. The topological polar surface area (TPSA) is 31.2 Å². The fourth-order valence-corrected chi connectivity index (χ4v) is 3.78. The van der Waals surface area contributed by atoms with Crippen LogP contribution in [0.4, 0.5) is 0 Å². The maximum Gasteiger partial charge on any atom is 0.241 e. The van der Waals surface area contributed by atoms with E-state index < -0.39 is 0 Å². The molecule has 0 saturated carbocycles. The Bertz CT molecular complexity index is 632. The van der Waals surface area contributed by atoms with Gasteiger partial charge in [-0.25, -0.2) is 0 Å². The molecule has 98 valence electrons. The second-order valence-electron chi connectivity index (χ2n) is 4.90. The van der Waals surface area contributed by atoms with Gasteiger partial charge in [0, 0.05) is 41.4 Å². The first-order valence-corrected chi connectivity index (χ1v) is 7.70. The van der Waals surface area contributed by atoms with Crippen LogP contribution in [0.15, 0.2) is 24.3 Å². The predicted octanol–water partition coefficient (Wildman–Crippen LogP) is 2.75. The summed E-state index contributed by atoms with van der Waals surface area (Å²) in [7, 11) is 2.35. The Morgan fingerprint density at radius 1 is 1.42 bits per heavy atom. The number of aryl methyl sites for hydroxylation is 1. The highest BCUT2D eigenvalue weighted by atomic mass is 28.2. The van der Waals surface area contributed by atoms with Crippen molar-refractivity contribution in [1.82, 2.24) is 4.57 Å². The number of carbonyl (C=O) groups excluding carboxylic acids is 1. The number of para-hydroxylation sites is 1. The molecule has 1 aliphatic carbocycles. The minimum atomic E-state index is 0.0539. The highest BCUT2D eigenvalue weighted by molar-refractivity contribution is 6.41. The molecule has 0 fully saturated rings. The first kappa shape index (κ1) is 12.6. The molecule has 1 heterocycles. The molecule has 1 aliphatic rings. The average Bonchev–Trinajstić information content (AvgIpc) is 2.73. The number of aromatic nitrogens is 1. The van der Waals surface area contributed by atoms with E-state index in [0.717, 1.165) is 29.3 Å². The van der Waals surface area contributed by atoms with Crippen molar-refractivity contribution in [3.8, 4) is 0 Å². The van der Waals surface area contributed by atoms with Crippen LogP contribution in [0.2, 0.25) is 5.54 Å². The highest BCUT2D eigenvalue weighted by Gasteiger charge is 2.32. The Kier molecular flexibility index (Phi) is 3.29. The van der Waals surface area contributed by atoms with Gasteiger partial charge in [0.2, 0.25) is 9.76 Å². The van der Waals surface area contributed by atoms with Crippen molar-refractivity contribution in [2.45, 2.75) is 25.3 Å². The molecule has 1 aromatic heterocycles. The monoisotopic (exact) mass is 271 g/mol. The van der Waals surface area contributed by atoms with E-state index in [4.69, 9.17) is 4.43 Å². The average molecular weight is 271 g/mol. The molecule has 19 heavy (non-hydrogen) atoms. The maximum atomic E-state index is 12.7. The van der Waals surface area contributed by atoms with Gasteiger partial charge in [0.25, 0.3) is 0 Å². The van der Waals surface area contributed by atoms with Crippen molar-refractivity contribution < 1.29 is 9.22 Å². The molecular formula is C15H17NO2Si. The SMILES string of the molecule is CCO[Si]C1CCc2c(c3ccccc3n2C)C1=O. The number of Topliss-reactive ketones (excluding diaryl/α,β-unsaturated/α-hetero) is 1. The second-order valence-corrected chi connectivity index (χ2v) is 6.13. The van der Waals surface area contributed by atoms with Gasteiger partial charge in [-0.1, -0.05) is 18.2 Å². The van der Waals surface area contributed by atoms with Crippen molar-refractivity contribution in [2.24, 2.45) is 7.05 Å². The molecule has 0 spiro atoms. The molecule has 0 bridgehead atoms. The zero-order chi connectivity index (χ0) is 13.4. The lowest BCUT2D eigenvalue weighted by Gasteiger charge is -2.20. The normalized spacial score (nSPS) is 18.8. The molecule has 1 atom stereocenters. The summed E-state index contributed by atoms with van der Waals surface area (Å²) in [6.45, 7) is 2.66. The first-order chi connectivity index (χ1) is 9.24. The maximum absolute atomic E-state index is 12.7. The minimum Gasteiger partial charge on any atom is -0.417 e. The molecule has 4 heteroatoms. The van der Waals surface area contributed by atoms with E-state index >= 15 is 0 Å². The van der Waals surface area contributed by atoms with Gasteiger partial charge in [-0.2, -0.15) is 0 Å². The molecular weight excluding hydrogens is 254 g/mol. The molecule has 3 nitrogen and oxygen atoms in total. The highest BCUT2D eigenvalue weighted by Crippen LogP contribution is 2.35. The summed E-state index contributed by atoms with van der Waals surface area (Å²) in [5, 5.41) is 1.09. The van der Waals surface area contributed by atoms with Crippen LogP contribution in [-0.4, -0.2) is 26.7 Å². The molecule has 0 saturated heterocycles. The van der Waals surface area contributed by atoms with E-state index in [2.05, 4.69) is 23.7 Å². The van der Waals surface area contributed by atoms with E-state index in [1.54, 1.807) is 0 Å². The molecule has 2 aromatic rings. The van der Waals surface area contributed by atoms with Crippen LogP contribution in [0.25, 0.3) is 10.9 Å². The van der Waals surface area contributed by atoms with Gasteiger partial charge in [0.05, 0.1) is 0 Å². The zero-order valence-electron chi connectivity index (χ0n) is 11.3. The molecule has 1 unspecified atom stereocenters. The van der Waals surface area contributed by atoms with Crippen molar-refractivity contribution in [3.05, 3.63) is 35.5 Å². The van der Waals surface area contributed by atoms with Crippen LogP contribution in [0, 0.1) is 0 Å². The summed E-state index contributed by atoms with van der Waals surface area (Å²) in [4.78, 5) is 12.7. The van der Waals surface area contributed by atoms with Gasteiger partial charge in [-0.3, -0.25) is 4.79 Å². The summed E-state index contributed by atoms with van der Waals surface area (Å²) in [5.41, 5.74) is 3.32. The first-order valence-electron chi connectivity index (χ1n) is 6.71. The van der Waals surface area contributed by atoms with E-state index in [-0.39, 0.29) is 11.3 Å². The standard InChI is InChI=1S/C15H17NO2Si/c1-3-18-19-13-9-8-12-14(15(13)17)10-6-4-5-7-11(10)16(12)2/h4-7,13H,3,8-9H2,1-2H3. The number of fused-ring (bicyclic) bond motifs is 3. The van der Waals surface area contributed by atoms with Crippen LogP contribution in [0.1, 0.15) is 29.4 Å². The molecule has 0 aliphatic heterocycles. The van der Waals surface area contributed by atoms with Crippen molar-refractivity contribution in [3.63, 3.8) is 0 Å². The summed E-state index contributed by atoms with van der Waals surface area (Å²) in [6, 6.07) is 8.17. The summed E-state index contributed by atoms with van der Waals surface area (Å²) < 4.78 is 7.65. The Balaban J connectivity index is 2.08. The molecule has 2 radical (unpaired) electrons. The Labute approximate surface area is 115 Å². The summed E-state index contributed by atoms with van der Waals surface area (Å²) in [6.07, 6.45) is 1.88. The lowest BCUT2D eigenvalue weighted by molar-refractivity contribution is 0.0967. The van der Waals surface area contributed by atoms with E-state index in [9.17, 15) is 4.79 Å². The van der Waals surface area contributed by atoms with E-state index in [1.165, 1.54) is 5.69 Å². The number of nitrogens with zero attached hydrogens (tertiary/aromatic N) is 1. The number of rotatable bonds is 3. The predicted molar refractivity (Wildman–Crippen MR) is 76.7 cm³/mol. The third-order valence-corrected chi connectivity index (χ3v) is 5.12. The lowest BCUT2D eigenvalue weighted by Crippen LogP contribution is -2.24. The van der Waals surface area contributed by atoms with Gasteiger partial charge in [-0.05, 0) is 25.8 Å². The molecule has 3 rings (SSSR count). The molecule has 1 aromatic carbocycles. The van der Waals surface area contributed by atoms with Crippen LogP contribution in [-0.2, 0) is 17.9 Å². The smallest absolute Gasteiger partial charge is 0.241 e. The summed E-state index contributed by atoms with van der Waals surface area (Å²) in [5.74, 6) is 0.268. The lowest BCUT2D eigenvalue weighted by atomic mass is 9.93. The van der Waals surface area contributed by atoms with Crippen LogP contribution in [0.3, 0.4) is 0 Å². The van der Waals surface area contributed by atoms with Crippen LogP contribution in [0.5, 0.6) is 0 Å². The van der Waals surface area contributed by atoms with E-state index in [0.29, 0.717) is 16.4 Å². The van der Waals surface area contributed by atoms with Gasteiger partial charge >= 0.3 is 0 Å². The van der Waals surface area contributed by atoms with Crippen molar-refractivity contribution >= 4 is 26.4 Å². The zero-order valence-corrected chi connectivity index (χ0v) is 12.3. The van der Waals surface area contributed by atoms with Crippen molar-refractivity contribution in [2.75, 3.05) is 6.61 Å². The van der Waals surface area contributed by atoms with Crippen LogP contribution < -0.4 is 0 Å². The largest absolute Gasteiger partial charge is 0.417 e. The van der Waals surface area contributed by atoms with Gasteiger partial charge in [-0.15, -0.1) is 0 Å². The third-order valence-electron chi connectivity index (χ3n) is 3.83. The molecule has 0 N–H and O–H groups in total. The Morgan fingerprint density at radius 3 is 3.00 bits per heavy atom. The number of benzene rings is 1. The number of carbonyl (C=O) groups is 1. The fourth-order valence-electron chi connectivity index (χ4n) is 2.90. The fraction of sp³-hybridized carbons (Fsp3) is 0.400.